The summed E-state index contributed by atoms with van der Waals surface area (Å²) in [5.41, 5.74) is 1.64. The SMILES string of the molecule is COc1ccc(Nc2cc(=NC3CC3)n3nc/c(=C/c4[nH]c(=O)[nH]c4O)c3n2)cc1Cl. The first-order valence-corrected chi connectivity index (χ1v) is 9.94. The first-order chi connectivity index (χ1) is 15.0. The molecule has 4 aromatic rings. The van der Waals surface area contributed by atoms with Gasteiger partial charge < -0.3 is 20.1 Å². The molecular formula is C20H18ClN7O3. The summed E-state index contributed by atoms with van der Waals surface area (Å²) in [7, 11) is 1.56. The summed E-state index contributed by atoms with van der Waals surface area (Å²) in [4.78, 5) is 25.7. The van der Waals surface area contributed by atoms with Crippen molar-refractivity contribution in [1.82, 2.24) is 24.6 Å². The number of hydrogen-bond acceptors (Lipinski definition) is 7. The maximum Gasteiger partial charge on any atom is 0.326 e. The van der Waals surface area contributed by atoms with Crippen LogP contribution in [0.1, 0.15) is 18.5 Å². The number of aromatic amines is 2. The molecule has 0 spiro atoms. The minimum atomic E-state index is -0.503. The number of methoxy groups -OCH3 is 1. The van der Waals surface area contributed by atoms with Gasteiger partial charge in [0.05, 0.1) is 24.4 Å². The molecule has 0 bridgehead atoms. The van der Waals surface area contributed by atoms with Gasteiger partial charge in [-0.05, 0) is 37.1 Å². The molecule has 0 unspecified atom stereocenters. The highest BCUT2D eigenvalue weighted by atomic mass is 35.5. The lowest BCUT2D eigenvalue weighted by Gasteiger charge is -2.09. The van der Waals surface area contributed by atoms with Gasteiger partial charge in [-0.1, -0.05) is 11.6 Å². The summed E-state index contributed by atoms with van der Waals surface area (Å²) in [6.45, 7) is 0. The molecule has 11 heteroatoms. The second-order valence-corrected chi connectivity index (χ2v) is 7.56. The minimum Gasteiger partial charge on any atom is -0.495 e. The number of halogens is 1. The van der Waals surface area contributed by atoms with Crippen LogP contribution in [0.25, 0.3) is 11.7 Å². The summed E-state index contributed by atoms with van der Waals surface area (Å²) >= 11 is 6.24. The Morgan fingerprint density at radius 3 is 2.87 bits per heavy atom. The second kappa shape index (κ2) is 7.47. The normalized spacial score (nSPS) is 15.0. The van der Waals surface area contributed by atoms with Crippen molar-refractivity contribution < 1.29 is 9.84 Å². The number of fused-ring (bicyclic) bond motifs is 1. The van der Waals surface area contributed by atoms with Crippen LogP contribution in [0.4, 0.5) is 11.5 Å². The number of hydrogen-bond donors (Lipinski definition) is 4. The van der Waals surface area contributed by atoms with E-state index in [1.54, 1.807) is 36.0 Å². The molecule has 1 saturated carbocycles. The lowest BCUT2D eigenvalue weighted by Crippen LogP contribution is -2.19. The van der Waals surface area contributed by atoms with Crippen LogP contribution in [-0.4, -0.2) is 42.8 Å². The van der Waals surface area contributed by atoms with Crippen molar-refractivity contribution in [2.75, 3.05) is 12.4 Å². The smallest absolute Gasteiger partial charge is 0.326 e. The summed E-state index contributed by atoms with van der Waals surface area (Å²) in [6, 6.07) is 7.43. The third kappa shape index (κ3) is 3.84. The first kappa shape index (κ1) is 19.2. The van der Waals surface area contributed by atoms with E-state index >= 15 is 0 Å². The first-order valence-electron chi connectivity index (χ1n) is 9.56. The van der Waals surface area contributed by atoms with E-state index < -0.39 is 5.69 Å². The van der Waals surface area contributed by atoms with E-state index in [1.807, 2.05) is 12.1 Å². The zero-order valence-corrected chi connectivity index (χ0v) is 17.1. The third-order valence-electron chi connectivity index (χ3n) is 4.80. The quantitative estimate of drug-likeness (QED) is 0.372. The Balaban J connectivity index is 1.64. The Morgan fingerprint density at radius 1 is 1.35 bits per heavy atom. The number of rotatable bonds is 5. The van der Waals surface area contributed by atoms with Crippen molar-refractivity contribution in [3.63, 3.8) is 0 Å². The van der Waals surface area contributed by atoms with Crippen molar-refractivity contribution in [1.29, 1.82) is 0 Å². The van der Waals surface area contributed by atoms with Crippen molar-refractivity contribution in [3.8, 4) is 11.6 Å². The van der Waals surface area contributed by atoms with E-state index in [2.05, 4.69) is 25.4 Å². The predicted molar refractivity (Wildman–Crippen MR) is 115 cm³/mol. The number of aromatic hydroxyl groups is 1. The van der Waals surface area contributed by atoms with Crippen LogP contribution >= 0.6 is 11.6 Å². The molecule has 1 aliphatic carbocycles. The van der Waals surface area contributed by atoms with Crippen LogP contribution < -0.4 is 26.4 Å². The fraction of sp³-hybridized carbons (Fsp3) is 0.200. The Morgan fingerprint density at radius 2 is 2.19 bits per heavy atom. The van der Waals surface area contributed by atoms with Crippen LogP contribution in [0.3, 0.4) is 0 Å². The molecule has 0 saturated heterocycles. The van der Waals surface area contributed by atoms with Gasteiger partial charge in [-0.3, -0.25) is 9.98 Å². The number of benzene rings is 1. The lowest BCUT2D eigenvalue weighted by molar-refractivity contribution is 0.415. The van der Waals surface area contributed by atoms with E-state index in [-0.39, 0.29) is 17.6 Å². The Hall–Kier alpha value is -3.79. The van der Waals surface area contributed by atoms with Crippen molar-refractivity contribution in [3.05, 3.63) is 62.4 Å². The van der Waals surface area contributed by atoms with E-state index in [4.69, 9.17) is 21.3 Å². The number of nitrogens with zero attached hydrogens (tertiary/aromatic N) is 4. The van der Waals surface area contributed by atoms with Crippen LogP contribution in [0.5, 0.6) is 11.6 Å². The average Bonchev–Trinajstić information content (AvgIpc) is 3.37. The van der Waals surface area contributed by atoms with Crippen LogP contribution in [0.2, 0.25) is 5.02 Å². The molecule has 5 rings (SSSR count). The molecule has 0 atom stereocenters. The summed E-state index contributed by atoms with van der Waals surface area (Å²) in [5.74, 6) is 0.873. The standard InChI is InChI=1S/C20H18ClN7O3/c1-31-15-5-4-12(7-13(15)21)23-16-8-17(24-11-2-3-11)28-18(26-16)10(9-22-28)6-14-19(29)27-20(30)25-14/h4-9,11,23,29H,2-3H2,1H3,(H2,25,27,30)/b10-6-,24-17?. The Labute approximate surface area is 179 Å². The van der Waals surface area contributed by atoms with E-state index in [0.717, 1.165) is 18.5 Å². The van der Waals surface area contributed by atoms with Gasteiger partial charge >= 0.3 is 5.69 Å². The van der Waals surface area contributed by atoms with Gasteiger partial charge in [0.1, 0.15) is 17.3 Å². The summed E-state index contributed by atoms with van der Waals surface area (Å²) < 4.78 is 6.83. The van der Waals surface area contributed by atoms with Gasteiger partial charge in [-0.2, -0.15) is 9.61 Å². The lowest BCUT2D eigenvalue weighted by atomic mass is 10.3. The van der Waals surface area contributed by atoms with Gasteiger partial charge in [-0.25, -0.2) is 9.78 Å². The molecule has 31 heavy (non-hydrogen) atoms. The molecule has 0 aliphatic heterocycles. The fourth-order valence-electron chi connectivity index (χ4n) is 3.15. The highest BCUT2D eigenvalue weighted by molar-refractivity contribution is 6.32. The zero-order valence-electron chi connectivity index (χ0n) is 16.4. The number of ether oxygens (including phenoxy) is 1. The maximum absolute atomic E-state index is 11.4. The highest BCUT2D eigenvalue weighted by Crippen LogP contribution is 2.28. The average molecular weight is 440 g/mol. The summed E-state index contributed by atoms with van der Waals surface area (Å²) in [6.07, 6.45) is 5.28. The molecule has 10 nitrogen and oxygen atoms in total. The van der Waals surface area contributed by atoms with Gasteiger partial charge in [0, 0.05) is 17.0 Å². The topological polar surface area (TPSA) is 133 Å². The van der Waals surface area contributed by atoms with Crippen molar-refractivity contribution in [2.24, 2.45) is 4.99 Å². The molecule has 1 fully saturated rings. The summed E-state index contributed by atoms with van der Waals surface area (Å²) in [5, 5.41) is 18.6. The fourth-order valence-corrected chi connectivity index (χ4v) is 3.41. The molecule has 0 amide bonds. The van der Waals surface area contributed by atoms with E-state index in [0.29, 0.717) is 32.9 Å². The molecular weight excluding hydrogens is 422 g/mol. The number of aromatic nitrogens is 5. The predicted octanol–water partition coefficient (Wildman–Crippen LogP) is 1.47. The van der Waals surface area contributed by atoms with Gasteiger partial charge in [0.15, 0.2) is 11.1 Å². The van der Waals surface area contributed by atoms with Crippen LogP contribution in [0, 0.1) is 0 Å². The van der Waals surface area contributed by atoms with E-state index in [9.17, 15) is 9.90 Å². The van der Waals surface area contributed by atoms with Crippen molar-refractivity contribution in [2.45, 2.75) is 18.9 Å². The number of H-pyrrole nitrogens is 2. The Kier molecular flexibility index (Phi) is 4.63. The largest absolute Gasteiger partial charge is 0.495 e. The minimum absolute atomic E-state index is 0.239. The molecule has 158 valence electrons. The number of imidazole rings is 1. The molecule has 3 heterocycles. The monoisotopic (exact) mass is 439 g/mol. The number of anilines is 2. The Bertz CT molecular complexity index is 1470. The molecule has 0 radical (unpaired) electrons. The van der Waals surface area contributed by atoms with Crippen molar-refractivity contribution >= 4 is 34.8 Å². The molecule has 1 aromatic carbocycles. The second-order valence-electron chi connectivity index (χ2n) is 7.16. The zero-order chi connectivity index (χ0) is 21.5. The van der Waals surface area contributed by atoms with Gasteiger partial charge in [0.25, 0.3) is 0 Å². The van der Waals surface area contributed by atoms with E-state index in [1.165, 1.54) is 0 Å². The van der Waals surface area contributed by atoms with Gasteiger partial charge in [-0.15, -0.1) is 0 Å². The van der Waals surface area contributed by atoms with Gasteiger partial charge in [0.2, 0.25) is 5.88 Å². The maximum atomic E-state index is 11.4. The molecule has 3 aromatic heterocycles. The van der Waals surface area contributed by atoms with Crippen LogP contribution in [-0.2, 0) is 0 Å². The number of nitrogens with one attached hydrogen (secondary N) is 3. The van der Waals surface area contributed by atoms with Crippen LogP contribution in [0.15, 0.2) is 40.2 Å². The highest BCUT2D eigenvalue weighted by Gasteiger charge is 2.20. The molecule has 4 N–H and O–H groups in total. The third-order valence-corrected chi connectivity index (χ3v) is 5.10. The molecule has 1 aliphatic rings.